The van der Waals surface area contributed by atoms with Crippen LogP contribution in [0.1, 0.15) is 12.5 Å². The molecule has 6 nitrogen and oxygen atoms in total. The van der Waals surface area contributed by atoms with Crippen LogP contribution in [-0.2, 0) is 4.79 Å². The molecule has 4 N–H and O–H groups in total. The van der Waals surface area contributed by atoms with Gasteiger partial charge in [-0.25, -0.2) is 4.79 Å². The van der Waals surface area contributed by atoms with E-state index in [-0.39, 0.29) is 5.91 Å². The van der Waals surface area contributed by atoms with Gasteiger partial charge in [-0.15, -0.1) is 0 Å². The van der Waals surface area contributed by atoms with Gasteiger partial charge in [0.05, 0.1) is 0 Å². The first-order valence-electron chi connectivity index (χ1n) is 7.27. The van der Waals surface area contributed by atoms with Crippen molar-refractivity contribution in [1.29, 1.82) is 0 Å². The van der Waals surface area contributed by atoms with E-state index in [1.807, 2.05) is 36.9 Å². The monoisotopic (exact) mass is 322 g/mol. The number of carbonyl (C=O) groups excluding carboxylic acids is 2. The number of rotatable bonds is 4. The number of nitrogens with zero attached hydrogens (tertiary/aromatic N) is 1. The van der Waals surface area contributed by atoms with Crippen LogP contribution in [0.3, 0.4) is 0 Å². The Labute approximate surface area is 134 Å². The Balaban J connectivity index is 2.02. The van der Waals surface area contributed by atoms with Crippen molar-refractivity contribution in [3.63, 3.8) is 0 Å². The van der Waals surface area contributed by atoms with E-state index < -0.39 is 12.1 Å². The molecule has 7 heteroatoms. The highest BCUT2D eigenvalue weighted by atomic mass is 32.2. The molecule has 1 aliphatic rings. The fraction of sp³-hybridized carbons (Fsp3) is 0.467. The number of benzene rings is 1. The summed E-state index contributed by atoms with van der Waals surface area (Å²) in [6, 6.07) is 4.49. The van der Waals surface area contributed by atoms with Crippen molar-refractivity contribution in [2.24, 2.45) is 5.73 Å². The molecule has 22 heavy (non-hydrogen) atoms. The third-order valence-electron chi connectivity index (χ3n) is 3.57. The number of nitrogens with one attached hydrogen (secondary N) is 2. The number of urea groups is 1. The quantitative estimate of drug-likeness (QED) is 0.785. The number of anilines is 2. The zero-order chi connectivity index (χ0) is 16.1. The molecule has 120 valence electrons. The van der Waals surface area contributed by atoms with Crippen molar-refractivity contribution in [1.82, 2.24) is 5.32 Å². The lowest BCUT2D eigenvalue weighted by Crippen LogP contribution is -2.44. The molecule has 1 aliphatic heterocycles. The van der Waals surface area contributed by atoms with Crippen molar-refractivity contribution in [3.05, 3.63) is 23.8 Å². The van der Waals surface area contributed by atoms with Crippen LogP contribution < -0.4 is 21.3 Å². The molecule has 0 unspecified atom stereocenters. The van der Waals surface area contributed by atoms with Crippen LogP contribution in [0.5, 0.6) is 0 Å². The second kappa shape index (κ2) is 7.40. The van der Waals surface area contributed by atoms with Crippen molar-refractivity contribution in [3.8, 4) is 0 Å². The van der Waals surface area contributed by atoms with E-state index in [1.54, 1.807) is 6.92 Å². The second-order valence-electron chi connectivity index (χ2n) is 5.32. The van der Waals surface area contributed by atoms with Crippen molar-refractivity contribution in [2.45, 2.75) is 19.9 Å². The first-order chi connectivity index (χ1) is 10.5. The largest absolute Gasteiger partial charge is 0.370 e. The summed E-state index contributed by atoms with van der Waals surface area (Å²) in [5, 5.41) is 5.14. The molecule has 1 aromatic rings. The molecule has 0 saturated carbocycles. The van der Waals surface area contributed by atoms with Gasteiger partial charge in [0.25, 0.3) is 0 Å². The van der Waals surface area contributed by atoms with E-state index in [0.717, 1.165) is 35.8 Å². The van der Waals surface area contributed by atoms with Crippen LogP contribution >= 0.6 is 11.8 Å². The zero-order valence-corrected chi connectivity index (χ0v) is 13.7. The summed E-state index contributed by atoms with van der Waals surface area (Å²) < 4.78 is 0. The van der Waals surface area contributed by atoms with Crippen LogP contribution in [-0.4, -0.2) is 42.6 Å². The van der Waals surface area contributed by atoms with E-state index in [9.17, 15) is 9.59 Å². The standard InChI is InChI=1S/C15H22N4O2S/c1-10-9-12(18-14(20)11(2)17-15(16)21)3-4-13(10)19-5-7-22-8-6-19/h3-4,9,11H,5-8H2,1-2H3,(H,18,20)(H3,16,17,21)/t11-/m0/s1. The number of amides is 3. The molecule has 0 aromatic heterocycles. The van der Waals surface area contributed by atoms with Crippen LogP contribution in [0.2, 0.25) is 0 Å². The minimum Gasteiger partial charge on any atom is -0.370 e. The van der Waals surface area contributed by atoms with Gasteiger partial charge in [-0.05, 0) is 37.6 Å². The summed E-state index contributed by atoms with van der Waals surface area (Å²) in [5.41, 5.74) is 8.07. The van der Waals surface area contributed by atoms with Gasteiger partial charge < -0.3 is 21.3 Å². The highest BCUT2D eigenvalue weighted by Gasteiger charge is 2.16. The van der Waals surface area contributed by atoms with Gasteiger partial charge in [-0.3, -0.25) is 4.79 Å². The molecular formula is C15H22N4O2S. The Kier molecular flexibility index (Phi) is 5.54. The van der Waals surface area contributed by atoms with Crippen LogP contribution in [0.25, 0.3) is 0 Å². The number of hydrogen-bond acceptors (Lipinski definition) is 4. The van der Waals surface area contributed by atoms with E-state index in [2.05, 4.69) is 15.5 Å². The number of thioether (sulfide) groups is 1. The Morgan fingerprint density at radius 3 is 2.59 bits per heavy atom. The summed E-state index contributed by atoms with van der Waals surface area (Å²) in [7, 11) is 0. The van der Waals surface area contributed by atoms with Crippen LogP contribution in [0.15, 0.2) is 18.2 Å². The van der Waals surface area contributed by atoms with Crippen LogP contribution in [0, 0.1) is 6.92 Å². The summed E-state index contributed by atoms with van der Waals surface area (Å²) in [4.78, 5) is 25.1. The Morgan fingerprint density at radius 2 is 2.00 bits per heavy atom. The summed E-state index contributed by atoms with van der Waals surface area (Å²) in [6.07, 6.45) is 0. The minimum absolute atomic E-state index is 0.291. The molecule has 1 aromatic carbocycles. The molecule has 0 bridgehead atoms. The van der Waals surface area contributed by atoms with E-state index in [0.29, 0.717) is 0 Å². The maximum atomic E-state index is 12.0. The number of hydrogen-bond donors (Lipinski definition) is 3. The van der Waals surface area contributed by atoms with E-state index >= 15 is 0 Å². The predicted octanol–water partition coefficient (Wildman–Crippen LogP) is 1.54. The Morgan fingerprint density at radius 1 is 1.32 bits per heavy atom. The first-order valence-corrected chi connectivity index (χ1v) is 8.43. The summed E-state index contributed by atoms with van der Waals surface area (Å²) >= 11 is 1.98. The average Bonchev–Trinajstić information content (AvgIpc) is 2.47. The van der Waals surface area contributed by atoms with Gasteiger partial charge in [0.1, 0.15) is 6.04 Å². The van der Waals surface area contributed by atoms with Crippen molar-refractivity contribution >= 4 is 35.1 Å². The van der Waals surface area contributed by atoms with Crippen molar-refractivity contribution in [2.75, 3.05) is 34.8 Å². The van der Waals surface area contributed by atoms with Crippen molar-refractivity contribution < 1.29 is 9.59 Å². The fourth-order valence-corrected chi connectivity index (χ4v) is 3.32. The lowest BCUT2D eigenvalue weighted by Gasteiger charge is -2.30. The molecular weight excluding hydrogens is 300 g/mol. The SMILES string of the molecule is Cc1cc(NC(=O)[C@H](C)NC(N)=O)ccc1N1CCSCC1. The molecule has 2 rings (SSSR count). The zero-order valence-electron chi connectivity index (χ0n) is 12.9. The highest BCUT2D eigenvalue weighted by Crippen LogP contribution is 2.26. The van der Waals surface area contributed by atoms with Gasteiger partial charge in [0, 0.05) is 36.0 Å². The van der Waals surface area contributed by atoms with Gasteiger partial charge >= 0.3 is 6.03 Å². The molecule has 0 radical (unpaired) electrons. The lowest BCUT2D eigenvalue weighted by atomic mass is 10.1. The van der Waals surface area contributed by atoms with Gasteiger partial charge in [-0.2, -0.15) is 11.8 Å². The van der Waals surface area contributed by atoms with Crippen LogP contribution in [0.4, 0.5) is 16.2 Å². The fourth-order valence-electron chi connectivity index (χ4n) is 2.42. The Bertz CT molecular complexity index is 558. The molecule has 1 atom stereocenters. The normalized spacial score (nSPS) is 16.0. The average molecular weight is 322 g/mol. The molecule has 3 amide bonds. The highest BCUT2D eigenvalue weighted by molar-refractivity contribution is 7.99. The van der Waals surface area contributed by atoms with E-state index in [1.165, 1.54) is 5.69 Å². The molecule has 0 aliphatic carbocycles. The van der Waals surface area contributed by atoms with Gasteiger partial charge in [0.2, 0.25) is 5.91 Å². The number of primary amides is 1. The van der Waals surface area contributed by atoms with Gasteiger partial charge in [0.15, 0.2) is 0 Å². The lowest BCUT2D eigenvalue weighted by molar-refractivity contribution is -0.117. The number of carbonyl (C=O) groups is 2. The maximum Gasteiger partial charge on any atom is 0.312 e. The topological polar surface area (TPSA) is 87.5 Å². The summed E-state index contributed by atoms with van der Waals surface area (Å²) in [5.74, 6) is 2.00. The third-order valence-corrected chi connectivity index (χ3v) is 4.51. The third kappa shape index (κ3) is 4.30. The predicted molar refractivity (Wildman–Crippen MR) is 91.5 cm³/mol. The second-order valence-corrected chi connectivity index (χ2v) is 6.54. The van der Waals surface area contributed by atoms with E-state index in [4.69, 9.17) is 5.73 Å². The number of aryl methyl sites for hydroxylation is 1. The Hall–Kier alpha value is -1.89. The smallest absolute Gasteiger partial charge is 0.312 e. The minimum atomic E-state index is -0.711. The van der Waals surface area contributed by atoms with Gasteiger partial charge in [-0.1, -0.05) is 0 Å². The molecule has 1 saturated heterocycles. The molecule has 1 heterocycles. The summed E-state index contributed by atoms with van der Waals surface area (Å²) in [6.45, 7) is 5.73. The number of nitrogens with two attached hydrogens (primary N) is 1. The maximum absolute atomic E-state index is 12.0. The molecule has 0 spiro atoms. The molecule has 1 fully saturated rings. The first kappa shape index (κ1) is 16.5.